The van der Waals surface area contributed by atoms with E-state index in [1.165, 1.54) is 54.6 Å². The number of rotatable bonds is 5. The summed E-state index contributed by atoms with van der Waals surface area (Å²) in [4.78, 5) is 48.7. The van der Waals surface area contributed by atoms with Crippen LogP contribution >= 0.6 is 11.6 Å². The number of carbonyl (C=O) groups excluding carboxylic acids is 3. The van der Waals surface area contributed by atoms with E-state index in [1.807, 2.05) is 0 Å². The Hall–Kier alpha value is -4.71. The van der Waals surface area contributed by atoms with Gasteiger partial charge in [0.05, 0.1) is 16.2 Å². The summed E-state index contributed by atoms with van der Waals surface area (Å²) < 4.78 is 44.3. The van der Waals surface area contributed by atoms with E-state index in [9.17, 15) is 37.7 Å². The lowest BCUT2D eigenvalue weighted by atomic mass is 10.1. The van der Waals surface area contributed by atoms with Gasteiger partial charge in [0.15, 0.2) is 0 Å². The fourth-order valence-corrected chi connectivity index (χ4v) is 3.49. The second kappa shape index (κ2) is 9.74. The van der Waals surface area contributed by atoms with Crippen LogP contribution in [0.3, 0.4) is 0 Å². The molecule has 3 aromatic carbocycles. The number of alkyl halides is 3. The van der Waals surface area contributed by atoms with Crippen molar-refractivity contribution in [2.45, 2.75) is 6.18 Å². The Bertz CT molecular complexity index is 1470. The molecule has 9 nitrogen and oxygen atoms in total. The van der Waals surface area contributed by atoms with E-state index in [-0.39, 0.29) is 17.0 Å². The fraction of sp³-hybridized carbons (Fsp3) is 0.0417. The smallest absolute Gasteiger partial charge is 0.416 e. The van der Waals surface area contributed by atoms with Gasteiger partial charge in [0, 0.05) is 11.1 Å². The topological polar surface area (TPSA) is 119 Å². The van der Waals surface area contributed by atoms with Gasteiger partial charge < -0.3 is 4.74 Å². The van der Waals surface area contributed by atoms with E-state index < -0.39 is 51.5 Å². The second-order valence-electron chi connectivity index (χ2n) is 7.55. The van der Waals surface area contributed by atoms with Crippen LogP contribution in [0.1, 0.15) is 11.1 Å². The molecular weight excluding hydrogens is 519 g/mol. The summed E-state index contributed by atoms with van der Waals surface area (Å²) in [6, 6.07) is 12.2. The minimum atomic E-state index is -4.79. The number of carbonyl (C=O) groups is 3. The Balaban J connectivity index is 1.65. The van der Waals surface area contributed by atoms with E-state index in [1.54, 1.807) is 0 Å². The maximum Gasteiger partial charge on any atom is 0.416 e. The molecule has 1 heterocycles. The summed E-state index contributed by atoms with van der Waals surface area (Å²) in [5, 5.41) is 13.7. The van der Waals surface area contributed by atoms with E-state index in [0.717, 1.165) is 11.0 Å². The van der Waals surface area contributed by atoms with Crippen molar-refractivity contribution in [2.24, 2.45) is 0 Å². The Kier molecular flexibility index (Phi) is 6.68. The molecule has 37 heavy (non-hydrogen) atoms. The number of imide groups is 2. The lowest BCUT2D eigenvalue weighted by Gasteiger charge is -2.26. The summed E-state index contributed by atoms with van der Waals surface area (Å²) in [6.07, 6.45) is -3.62. The largest absolute Gasteiger partial charge is 0.450 e. The molecule has 0 aromatic heterocycles. The molecular formula is C24H13ClF3N3O6. The summed E-state index contributed by atoms with van der Waals surface area (Å²) in [7, 11) is 0. The lowest BCUT2D eigenvalue weighted by molar-refractivity contribution is -0.385. The number of amides is 4. The Labute approximate surface area is 210 Å². The van der Waals surface area contributed by atoms with Crippen LogP contribution < -0.4 is 15.0 Å². The van der Waals surface area contributed by atoms with Crippen LogP contribution in [0.15, 0.2) is 72.3 Å². The lowest BCUT2D eigenvalue weighted by Crippen LogP contribution is -2.54. The predicted octanol–water partition coefficient (Wildman–Crippen LogP) is 5.73. The number of halogens is 4. The highest BCUT2D eigenvalue weighted by atomic mass is 35.5. The third-order valence-electron chi connectivity index (χ3n) is 5.07. The van der Waals surface area contributed by atoms with E-state index >= 15 is 0 Å². The van der Waals surface area contributed by atoms with E-state index in [0.29, 0.717) is 17.2 Å². The first-order valence-corrected chi connectivity index (χ1v) is 10.6. The van der Waals surface area contributed by atoms with Gasteiger partial charge in [-0.25, -0.2) is 9.69 Å². The molecule has 1 aliphatic heterocycles. The number of nitrogens with one attached hydrogen (secondary N) is 1. The van der Waals surface area contributed by atoms with E-state index in [4.69, 9.17) is 16.3 Å². The van der Waals surface area contributed by atoms with Gasteiger partial charge in [-0.05, 0) is 60.2 Å². The number of hydrogen-bond acceptors (Lipinski definition) is 6. The van der Waals surface area contributed by atoms with Crippen molar-refractivity contribution in [1.29, 1.82) is 0 Å². The van der Waals surface area contributed by atoms with Crippen LogP contribution in [0.4, 0.5) is 29.3 Å². The first-order valence-electron chi connectivity index (χ1n) is 10.2. The number of nitro benzene ring substituents is 1. The first-order chi connectivity index (χ1) is 17.4. The van der Waals surface area contributed by atoms with Gasteiger partial charge >= 0.3 is 17.9 Å². The normalized spacial score (nSPS) is 15.1. The molecule has 4 rings (SSSR count). The number of nitro groups is 1. The van der Waals surface area contributed by atoms with Gasteiger partial charge in [-0.15, -0.1) is 0 Å². The number of barbiturate groups is 1. The number of ether oxygens (including phenoxy) is 1. The molecule has 0 unspecified atom stereocenters. The maximum absolute atomic E-state index is 13.0. The number of hydrogen-bond donors (Lipinski definition) is 1. The zero-order valence-electron chi connectivity index (χ0n) is 18.3. The average molecular weight is 532 g/mol. The minimum Gasteiger partial charge on any atom is -0.450 e. The van der Waals surface area contributed by atoms with Crippen LogP contribution in [-0.2, 0) is 15.8 Å². The quantitative estimate of drug-likeness (QED) is 0.194. The Morgan fingerprint density at radius 1 is 1.00 bits per heavy atom. The molecule has 1 fully saturated rings. The Morgan fingerprint density at radius 2 is 1.70 bits per heavy atom. The summed E-state index contributed by atoms with van der Waals surface area (Å²) >= 11 is 5.84. The SMILES string of the molecule is O=C1NC(=O)N(c2ccc(Cl)cc2)C(=O)/C1=C\c1cccc(Oc2ccc(C(F)(F)F)cc2[N+](=O)[O-])c1. The molecule has 0 bridgehead atoms. The molecule has 1 aliphatic rings. The molecule has 1 N–H and O–H groups in total. The van der Waals surface area contributed by atoms with Crippen LogP contribution in [-0.4, -0.2) is 22.8 Å². The third kappa shape index (κ3) is 5.43. The highest BCUT2D eigenvalue weighted by Gasteiger charge is 2.37. The molecule has 13 heteroatoms. The highest BCUT2D eigenvalue weighted by Crippen LogP contribution is 2.38. The molecule has 0 aliphatic carbocycles. The average Bonchev–Trinajstić information content (AvgIpc) is 2.82. The first kappa shape index (κ1) is 25.4. The summed E-state index contributed by atoms with van der Waals surface area (Å²) in [5.41, 5.74) is -2.12. The van der Waals surface area contributed by atoms with Crippen LogP contribution in [0.5, 0.6) is 11.5 Å². The molecule has 3 aromatic rings. The molecule has 4 amide bonds. The zero-order valence-corrected chi connectivity index (χ0v) is 19.0. The third-order valence-corrected chi connectivity index (χ3v) is 5.32. The van der Waals surface area contributed by atoms with Crippen LogP contribution in [0.2, 0.25) is 5.02 Å². The number of benzene rings is 3. The predicted molar refractivity (Wildman–Crippen MR) is 125 cm³/mol. The molecule has 0 radical (unpaired) electrons. The van der Waals surface area contributed by atoms with Gasteiger partial charge in [0.2, 0.25) is 5.75 Å². The van der Waals surface area contributed by atoms with Crippen molar-refractivity contribution < 1.29 is 37.2 Å². The van der Waals surface area contributed by atoms with Crippen LogP contribution in [0.25, 0.3) is 6.08 Å². The summed E-state index contributed by atoms with van der Waals surface area (Å²) in [5.74, 6) is -2.34. The number of nitrogens with zero attached hydrogens (tertiary/aromatic N) is 2. The van der Waals surface area contributed by atoms with Gasteiger partial charge in [-0.3, -0.25) is 25.0 Å². The molecule has 0 spiro atoms. The zero-order chi connectivity index (χ0) is 26.9. The number of urea groups is 1. The second-order valence-corrected chi connectivity index (χ2v) is 7.98. The minimum absolute atomic E-state index is 0.0218. The van der Waals surface area contributed by atoms with Gasteiger partial charge in [0.1, 0.15) is 11.3 Å². The van der Waals surface area contributed by atoms with Gasteiger partial charge in [-0.1, -0.05) is 23.7 Å². The van der Waals surface area contributed by atoms with Crippen molar-refractivity contribution in [2.75, 3.05) is 4.90 Å². The maximum atomic E-state index is 13.0. The fourth-order valence-electron chi connectivity index (χ4n) is 3.37. The van der Waals surface area contributed by atoms with Crippen molar-refractivity contribution >= 4 is 46.9 Å². The monoisotopic (exact) mass is 531 g/mol. The van der Waals surface area contributed by atoms with Crippen molar-refractivity contribution in [1.82, 2.24) is 5.32 Å². The molecule has 0 saturated carbocycles. The van der Waals surface area contributed by atoms with Gasteiger partial charge in [-0.2, -0.15) is 13.2 Å². The Morgan fingerprint density at radius 3 is 2.35 bits per heavy atom. The number of anilines is 1. The van der Waals surface area contributed by atoms with E-state index in [2.05, 4.69) is 5.32 Å². The molecule has 188 valence electrons. The van der Waals surface area contributed by atoms with Crippen molar-refractivity contribution in [3.05, 3.63) is 98.6 Å². The van der Waals surface area contributed by atoms with Crippen molar-refractivity contribution in [3.63, 3.8) is 0 Å². The van der Waals surface area contributed by atoms with Crippen molar-refractivity contribution in [3.8, 4) is 11.5 Å². The van der Waals surface area contributed by atoms with Gasteiger partial charge in [0.25, 0.3) is 11.8 Å². The summed E-state index contributed by atoms with van der Waals surface area (Å²) in [6.45, 7) is 0. The standard InChI is InChI=1S/C24H13ClF3N3O6/c25-15-5-7-16(8-6-15)30-22(33)18(21(32)29-23(30)34)11-13-2-1-3-17(10-13)37-20-9-4-14(24(26,27)28)12-19(20)31(35)36/h1-12H,(H,29,32,34)/b18-11-. The highest BCUT2D eigenvalue weighted by molar-refractivity contribution is 6.39. The van der Waals surface area contributed by atoms with Crippen LogP contribution in [0, 0.1) is 10.1 Å². The molecule has 0 atom stereocenters. The molecule has 1 saturated heterocycles.